The highest BCUT2D eigenvalue weighted by Gasteiger charge is 2.37. The first-order valence-corrected chi connectivity index (χ1v) is 8.45. The summed E-state index contributed by atoms with van der Waals surface area (Å²) in [5.41, 5.74) is 0. The smallest absolute Gasteiger partial charge is 0.0252 e. The number of hydrogen-bond donors (Lipinski definition) is 1. The minimum Gasteiger partial charge on any atom is -0.312 e. The number of likely N-dealkylation sites (tertiary alicyclic amines) is 2. The second-order valence-corrected chi connectivity index (χ2v) is 7.01. The Kier molecular flexibility index (Phi) is 4.45. The van der Waals surface area contributed by atoms with Crippen LogP contribution in [-0.2, 0) is 0 Å². The van der Waals surface area contributed by atoms with Crippen molar-refractivity contribution in [1.29, 1.82) is 0 Å². The summed E-state index contributed by atoms with van der Waals surface area (Å²) in [5.74, 6) is 0. The molecule has 3 nitrogen and oxygen atoms in total. The maximum Gasteiger partial charge on any atom is 0.0252 e. The minimum atomic E-state index is 0.762. The molecule has 3 fully saturated rings. The number of piperidine rings is 2. The first kappa shape index (κ1) is 13.8. The molecule has 110 valence electrons. The Morgan fingerprint density at radius 2 is 1.89 bits per heavy atom. The molecule has 3 heteroatoms. The molecular weight excluding hydrogens is 234 g/mol. The minimum absolute atomic E-state index is 0.762. The monoisotopic (exact) mass is 265 g/mol. The molecule has 3 heterocycles. The second kappa shape index (κ2) is 6.11. The van der Waals surface area contributed by atoms with Crippen molar-refractivity contribution >= 4 is 0 Å². The van der Waals surface area contributed by atoms with Crippen LogP contribution in [0.4, 0.5) is 0 Å². The third-order valence-corrected chi connectivity index (χ3v) is 5.80. The summed E-state index contributed by atoms with van der Waals surface area (Å²) >= 11 is 0. The van der Waals surface area contributed by atoms with Crippen molar-refractivity contribution in [3.05, 3.63) is 0 Å². The molecule has 0 saturated carbocycles. The van der Waals surface area contributed by atoms with E-state index < -0.39 is 0 Å². The molecule has 3 saturated heterocycles. The third kappa shape index (κ3) is 2.98. The fourth-order valence-corrected chi connectivity index (χ4v) is 4.47. The third-order valence-electron chi connectivity index (χ3n) is 5.80. The van der Waals surface area contributed by atoms with Gasteiger partial charge in [-0.3, -0.25) is 4.90 Å². The number of nitrogens with one attached hydrogen (secondary N) is 1. The Morgan fingerprint density at radius 3 is 2.63 bits per heavy atom. The van der Waals surface area contributed by atoms with Gasteiger partial charge in [-0.25, -0.2) is 0 Å². The van der Waals surface area contributed by atoms with Crippen molar-refractivity contribution in [2.75, 3.05) is 26.7 Å². The Morgan fingerprint density at radius 1 is 1.00 bits per heavy atom. The molecule has 1 N–H and O–H groups in total. The van der Waals surface area contributed by atoms with E-state index >= 15 is 0 Å². The van der Waals surface area contributed by atoms with Gasteiger partial charge in [-0.15, -0.1) is 0 Å². The predicted molar refractivity (Wildman–Crippen MR) is 80.5 cm³/mol. The van der Waals surface area contributed by atoms with Crippen LogP contribution in [0.5, 0.6) is 0 Å². The van der Waals surface area contributed by atoms with Crippen LogP contribution in [0, 0.1) is 0 Å². The molecule has 0 spiro atoms. The fraction of sp³-hybridized carbons (Fsp3) is 1.00. The van der Waals surface area contributed by atoms with E-state index in [2.05, 4.69) is 29.1 Å². The van der Waals surface area contributed by atoms with Gasteiger partial charge in [0.15, 0.2) is 0 Å². The van der Waals surface area contributed by atoms with Gasteiger partial charge in [0.25, 0.3) is 0 Å². The summed E-state index contributed by atoms with van der Waals surface area (Å²) < 4.78 is 0. The largest absolute Gasteiger partial charge is 0.312 e. The van der Waals surface area contributed by atoms with Crippen molar-refractivity contribution in [3.63, 3.8) is 0 Å². The second-order valence-electron chi connectivity index (χ2n) is 7.01. The van der Waals surface area contributed by atoms with Gasteiger partial charge in [0.05, 0.1) is 0 Å². The zero-order valence-electron chi connectivity index (χ0n) is 12.8. The van der Waals surface area contributed by atoms with E-state index in [-0.39, 0.29) is 0 Å². The highest BCUT2D eigenvalue weighted by Crippen LogP contribution is 2.30. The summed E-state index contributed by atoms with van der Waals surface area (Å²) in [4.78, 5) is 5.43. The lowest BCUT2D eigenvalue weighted by Crippen LogP contribution is -2.57. The van der Waals surface area contributed by atoms with E-state index in [1.54, 1.807) is 0 Å². The van der Waals surface area contributed by atoms with Gasteiger partial charge < -0.3 is 10.2 Å². The molecule has 0 bridgehead atoms. The Balaban J connectivity index is 1.66. The van der Waals surface area contributed by atoms with E-state index in [0.717, 1.165) is 24.2 Å². The van der Waals surface area contributed by atoms with E-state index in [4.69, 9.17) is 0 Å². The van der Waals surface area contributed by atoms with Crippen molar-refractivity contribution in [2.24, 2.45) is 0 Å². The predicted octanol–water partition coefficient (Wildman–Crippen LogP) is 2.08. The van der Waals surface area contributed by atoms with E-state index in [1.807, 2.05) is 0 Å². The molecule has 0 amide bonds. The van der Waals surface area contributed by atoms with Gasteiger partial charge in [0.2, 0.25) is 0 Å². The van der Waals surface area contributed by atoms with Crippen LogP contribution in [0.1, 0.15) is 51.9 Å². The van der Waals surface area contributed by atoms with E-state index in [1.165, 1.54) is 64.6 Å². The maximum absolute atomic E-state index is 3.76. The van der Waals surface area contributed by atoms with Crippen LogP contribution in [0.25, 0.3) is 0 Å². The van der Waals surface area contributed by atoms with Crippen molar-refractivity contribution < 1.29 is 0 Å². The molecule has 4 atom stereocenters. The van der Waals surface area contributed by atoms with Gasteiger partial charge in [-0.2, -0.15) is 0 Å². The van der Waals surface area contributed by atoms with Crippen LogP contribution in [0.2, 0.25) is 0 Å². The number of nitrogens with zero attached hydrogens (tertiary/aromatic N) is 2. The first-order valence-electron chi connectivity index (χ1n) is 8.45. The Hall–Kier alpha value is -0.120. The topological polar surface area (TPSA) is 18.5 Å². The van der Waals surface area contributed by atoms with Gasteiger partial charge in [-0.05, 0) is 72.1 Å². The summed E-state index contributed by atoms with van der Waals surface area (Å²) in [5, 5.41) is 3.76. The summed E-state index contributed by atoms with van der Waals surface area (Å²) in [6.07, 6.45) is 9.84. The first-order chi connectivity index (χ1) is 9.25. The lowest BCUT2D eigenvalue weighted by atomic mass is 9.89. The molecular formula is C16H31N3. The van der Waals surface area contributed by atoms with E-state index in [0.29, 0.717) is 0 Å². The molecule has 0 aromatic heterocycles. The molecule has 0 aliphatic carbocycles. The Labute approximate surface area is 118 Å². The summed E-state index contributed by atoms with van der Waals surface area (Å²) in [7, 11) is 2.28. The molecule has 0 aromatic rings. The van der Waals surface area contributed by atoms with Gasteiger partial charge in [0.1, 0.15) is 0 Å². The molecule has 0 radical (unpaired) electrons. The highest BCUT2D eigenvalue weighted by atomic mass is 15.2. The zero-order valence-corrected chi connectivity index (χ0v) is 12.8. The van der Waals surface area contributed by atoms with Gasteiger partial charge >= 0.3 is 0 Å². The SMILES string of the molecule is CC1CC(N2CCCCC2C2CCCN2)CCN1C. The van der Waals surface area contributed by atoms with Crippen LogP contribution >= 0.6 is 0 Å². The standard InChI is InChI=1S/C16H31N3/c1-13-12-14(8-11-18(13)2)19-10-4-3-7-16(19)15-6-5-9-17-15/h13-17H,3-12H2,1-2H3. The molecule has 0 aromatic carbocycles. The van der Waals surface area contributed by atoms with Crippen LogP contribution in [-0.4, -0.2) is 60.6 Å². The molecule has 4 unspecified atom stereocenters. The number of rotatable bonds is 2. The molecule has 3 aliphatic rings. The van der Waals surface area contributed by atoms with Crippen molar-refractivity contribution in [1.82, 2.24) is 15.1 Å². The lowest BCUT2D eigenvalue weighted by Gasteiger charge is -2.48. The average molecular weight is 265 g/mol. The lowest BCUT2D eigenvalue weighted by molar-refractivity contribution is 0.0255. The van der Waals surface area contributed by atoms with Crippen LogP contribution < -0.4 is 5.32 Å². The fourth-order valence-electron chi connectivity index (χ4n) is 4.47. The summed E-state index contributed by atoms with van der Waals surface area (Å²) in [6.45, 7) is 6.29. The quantitative estimate of drug-likeness (QED) is 0.825. The van der Waals surface area contributed by atoms with Crippen molar-refractivity contribution in [3.8, 4) is 0 Å². The molecule has 19 heavy (non-hydrogen) atoms. The van der Waals surface area contributed by atoms with Crippen LogP contribution in [0.3, 0.4) is 0 Å². The number of hydrogen-bond acceptors (Lipinski definition) is 3. The van der Waals surface area contributed by atoms with Gasteiger partial charge in [-0.1, -0.05) is 6.42 Å². The van der Waals surface area contributed by atoms with Gasteiger partial charge in [0, 0.05) is 24.2 Å². The average Bonchev–Trinajstić information content (AvgIpc) is 2.96. The Bertz CT molecular complexity index is 288. The zero-order chi connectivity index (χ0) is 13.2. The van der Waals surface area contributed by atoms with Crippen molar-refractivity contribution in [2.45, 2.75) is 76.0 Å². The molecule has 3 rings (SSSR count). The maximum atomic E-state index is 3.76. The normalized spacial score (nSPS) is 42.6. The summed E-state index contributed by atoms with van der Waals surface area (Å²) in [6, 6.07) is 3.23. The van der Waals surface area contributed by atoms with Crippen LogP contribution in [0.15, 0.2) is 0 Å². The van der Waals surface area contributed by atoms with E-state index in [9.17, 15) is 0 Å². The highest BCUT2D eigenvalue weighted by molar-refractivity contribution is 4.95. The molecule has 3 aliphatic heterocycles.